The van der Waals surface area contributed by atoms with E-state index in [0.717, 1.165) is 6.07 Å². The molecule has 0 aliphatic heterocycles. The summed E-state index contributed by atoms with van der Waals surface area (Å²) in [6.45, 7) is 0. The number of hydrogen-bond acceptors (Lipinski definition) is 3. The van der Waals surface area contributed by atoms with Gasteiger partial charge in [0.1, 0.15) is 30.5 Å². The van der Waals surface area contributed by atoms with E-state index in [2.05, 4.69) is 10.1 Å². The third kappa shape index (κ3) is 2.45. The molecule has 5 nitrogen and oxygen atoms in total. The van der Waals surface area contributed by atoms with Crippen LogP contribution in [0.2, 0.25) is 0 Å². The number of rotatable bonds is 3. The molecule has 7 heteroatoms. The molecule has 0 radical (unpaired) electrons. The number of nitrogens with zero attached hydrogens (tertiary/aromatic N) is 4. The molecule has 0 saturated heterocycles. The average molecular weight is 251 g/mol. The maximum absolute atomic E-state index is 13.6. The molecule has 0 fully saturated rings. The molecule has 0 atom stereocenters. The Bertz CT molecular complexity index is 608. The van der Waals surface area contributed by atoms with Crippen molar-refractivity contribution in [3.8, 4) is 0 Å². The Labute approximate surface area is 101 Å². The summed E-state index contributed by atoms with van der Waals surface area (Å²) in [6, 6.07) is 2.99. The van der Waals surface area contributed by atoms with E-state index < -0.39 is 11.6 Å². The van der Waals surface area contributed by atoms with Gasteiger partial charge in [0.2, 0.25) is 0 Å². The predicted molar refractivity (Wildman–Crippen MR) is 60.1 cm³/mol. The van der Waals surface area contributed by atoms with Gasteiger partial charge in [-0.3, -0.25) is 0 Å². The maximum atomic E-state index is 13.6. The van der Waals surface area contributed by atoms with Crippen LogP contribution in [0.3, 0.4) is 0 Å². The van der Waals surface area contributed by atoms with Gasteiger partial charge in [-0.15, -0.1) is 0 Å². The van der Waals surface area contributed by atoms with Gasteiger partial charge < -0.3 is 0 Å². The highest BCUT2D eigenvalue weighted by Gasteiger charge is 2.20. The lowest BCUT2D eigenvalue weighted by molar-refractivity contribution is -0.418. The van der Waals surface area contributed by atoms with Crippen molar-refractivity contribution in [2.24, 2.45) is 0 Å². The van der Waals surface area contributed by atoms with Crippen molar-refractivity contribution >= 4 is 11.9 Å². The monoisotopic (exact) mass is 251 g/mol. The van der Waals surface area contributed by atoms with Crippen molar-refractivity contribution < 1.29 is 13.5 Å². The van der Waals surface area contributed by atoms with E-state index in [1.807, 2.05) is 0 Å². The molecular formula is C11H9F2N4O+. The van der Waals surface area contributed by atoms with Crippen LogP contribution in [0.5, 0.6) is 0 Å². The molecule has 0 N–H and O–H groups in total. The SMILES string of the molecule is C[N+](=O)C(=Cn1cncn1)c1ccc(F)cc1F. The number of aromatic nitrogens is 3. The standard InChI is InChI=1S/C11H9F2N4O/c1-16(18)11(5-17-7-14-6-15-17)9-3-2-8(12)4-10(9)13/h2-7H,1H3/q+1. The normalized spacial score (nSPS) is 11.6. The summed E-state index contributed by atoms with van der Waals surface area (Å²) < 4.78 is 28.1. The Hall–Kier alpha value is -2.44. The van der Waals surface area contributed by atoms with Gasteiger partial charge in [0, 0.05) is 15.7 Å². The largest absolute Gasteiger partial charge is 0.283 e. The first-order valence-corrected chi connectivity index (χ1v) is 5.00. The highest BCUT2D eigenvalue weighted by atomic mass is 19.1. The Morgan fingerprint density at radius 1 is 1.44 bits per heavy atom. The summed E-state index contributed by atoms with van der Waals surface area (Å²) in [5, 5.41) is 3.78. The minimum absolute atomic E-state index is 0.00981. The van der Waals surface area contributed by atoms with Crippen LogP contribution in [0.1, 0.15) is 5.56 Å². The van der Waals surface area contributed by atoms with E-state index in [0.29, 0.717) is 10.8 Å². The smallest absolute Gasteiger partial charge is 0.223 e. The highest BCUT2D eigenvalue weighted by molar-refractivity contribution is 5.68. The minimum Gasteiger partial charge on any atom is -0.223 e. The van der Waals surface area contributed by atoms with Crippen molar-refractivity contribution in [1.29, 1.82) is 0 Å². The quantitative estimate of drug-likeness (QED) is 0.783. The summed E-state index contributed by atoms with van der Waals surface area (Å²) in [4.78, 5) is 15.1. The van der Waals surface area contributed by atoms with Gasteiger partial charge in [-0.2, -0.15) is 5.10 Å². The molecular weight excluding hydrogens is 242 g/mol. The van der Waals surface area contributed by atoms with Crippen LogP contribution in [-0.4, -0.2) is 26.6 Å². The van der Waals surface area contributed by atoms with Gasteiger partial charge >= 0.3 is 0 Å². The fourth-order valence-corrected chi connectivity index (χ4v) is 1.43. The Morgan fingerprint density at radius 3 is 2.78 bits per heavy atom. The molecule has 0 spiro atoms. The molecule has 2 aromatic rings. The molecule has 0 bridgehead atoms. The third-order valence-electron chi connectivity index (χ3n) is 2.24. The first kappa shape index (κ1) is 12.0. The molecule has 1 heterocycles. The van der Waals surface area contributed by atoms with Gasteiger partial charge in [-0.1, -0.05) is 0 Å². The molecule has 0 aliphatic rings. The fourth-order valence-electron chi connectivity index (χ4n) is 1.43. The molecule has 0 saturated carbocycles. The van der Waals surface area contributed by atoms with Crippen LogP contribution in [0.25, 0.3) is 11.9 Å². The second-order valence-corrected chi connectivity index (χ2v) is 3.51. The van der Waals surface area contributed by atoms with Crippen molar-refractivity contribution in [2.45, 2.75) is 0 Å². The maximum Gasteiger partial charge on any atom is 0.283 e. The molecule has 18 heavy (non-hydrogen) atoms. The zero-order chi connectivity index (χ0) is 13.1. The fraction of sp³-hybridized carbons (Fsp3) is 0.0909. The lowest BCUT2D eigenvalue weighted by atomic mass is 10.1. The molecule has 0 amide bonds. The lowest BCUT2D eigenvalue weighted by Gasteiger charge is -1.99. The summed E-state index contributed by atoms with van der Waals surface area (Å²) in [6.07, 6.45) is 3.93. The predicted octanol–water partition coefficient (Wildman–Crippen LogP) is 1.92. The average Bonchev–Trinajstić information content (AvgIpc) is 2.79. The zero-order valence-electron chi connectivity index (χ0n) is 9.42. The number of benzene rings is 1. The van der Waals surface area contributed by atoms with E-state index in [4.69, 9.17) is 0 Å². The van der Waals surface area contributed by atoms with Crippen LogP contribution < -0.4 is 0 Å². The molecule has 0 aliphatic carbocycles. The second kappa shape index (κ2) is 4.82. The Balaban J connectivity index is 2.52. The van der Waals surface area contributed by atoms with Gasteiger partial charge in [0.05, 0.1) is 5.56 Å². The Kier molecular flexibility index (Phi) is 3.22. The van der Waals surface area contributed by atoms with Crippen LogP contribution in [0, 0.1) is 16.5 Å². The summed E-state index contributed by atoms with van der Waals surface area (Å²) in [5.74, 6) is -1.52. The van der Waals surface area contributed by atoms with Crippen molar-refractivity contribution in [2.75, 3.05) is 7.05 Å². The minimum atomic E-state index is -0.816. The summed E-state index contributed by atoms with van der Waals surface area (Å²) in [7, 11) is 1.21. The van der Waals surface area contributed by atoms with Gasteiger partial charge in [0.25, 0.3) is 5.70 Å². The van der Waals surface area contributed by atoms with Gasteiger partial charge in [-0.25, -0.2) is 18.4 Å². The van der Waals surface area contributed by atoms with Crippen molar-refractivity contribution in [3.63, 3.8) is 0 Å². The van der Waals surface area contributed by atoms with E-state index in [1.54, 1.807) is 0 Å². The number of hydrogen-bond donors (Lipinski definition) is 0. The van der Waals surface area contributed by atoms with E-state index in [-0.39, 0.29) is 11.3 Å². The van der Waals surface area contributed by atoms with E-state index >= 15 is 0 Å². The van der Waals surface area contributed by atoms with Crippen molar-refractivity contribution in [1.82, 2.24) is 14.8 Å². The highest BCUT2D eigenvalue weighted by Crippen LogP contribution is 2.20. The second-order valence-electron chi connectivity index (χ2n) is 3.51. The first-order chi connectivity index (χ1) is 8.58. The molecule has 1 aromatic carbocycles. The molecule has 1 aromatic heterocycles. The third-order valence-corrected chi connectivity index (χ3v) is 2.24. The summed E-state index contributed by atoms with van der Waals surface area (Å²) >= 11 is 0. The summed E-state index contributed by atoms with van der Waals surface area (Å²) in [5.41, 5.74) is 0.00222. The van der Waals surface area contributed by atoms with Crippen LogP contribution in [0.15, 0.2) is 30.9 Å². The zero-order valence-corrected chi connectivity index (χ0v) is 9.42. The van der Waals surface area contributed by atoms with Crippen molar-refractivity contribution in [3.05, 3.63) is 53.0 Å². The van der Waals surface area contributed by atoms with Gasteiger partial charge in [0.15, 0.2) is 7.05 Å². The van der Waals surface area contributed by atoms with E-state index in [1.165, 1.54) is 36.7 Å². The van der Waals surface area contributed by atoms with E-state index in [9.17, 15) is 13.7 Å². The number of nitroso groups, excluding NO2 is 1. The Morgan fingerprint density at radius 2 is 2.22 bits per heavy atom. The molecule has 0 unspecified atom stereocenters. The first-order valence-electron chi connectivity index (χ1n) is 5.00. The van der Waals surface area contributed by atoms with Crippen LogP contribution in [-0.2, 0) is 0 Å². The lowest BCUT2D eigenvalue weighted by Crippen LogP contribution is -2.04. The van der Waals surface area contributed by atoms with Crippen LogP contribution >= 0.6 is 0 Å². The van der Waals surface area contributed by atoms with Crippen LogP contribution in [0.4, 0.5) is 8.78 Å². The molecule has 92 valence electrons. The topological polar surface area (TPSA) is 50.8 Å². The van der Waals surface area contributed by atoms with Gasteiger partial charge in [-0.05, 0) is 12.1 Å². The molecule has 2 rings (SSSR count). The number of halogens is 2.